The minimum atomic E-state index is -0.595. The number of para-hydroxylation sites is 1. The van der Waals surface area contributed by atoms with Gasteiger partial charge in [-0.3, -0.25) is 9.79 Å². The van der Waals surface area contributed by atoms with Crippen LogP contribution in [0.1, 0.15) is 6.42 Å². The molecule has 1 unspecified atom stereocenters. The number of guanidine groups is 1. The lowest BCUT2D eigenvalue weighted by Gasteiger charge is -2.21. The van der Waals surface area contributed by atoms with Crippen LogP contribution < -0.4 is 20.9 Å². The molecule has 3 rings (SSSR count). The highest BCUT2D eigenvalue weighted by molar-refractivity contribution is 5.95. The molecule has 9 heteroatoms. The third-order valence-electron chi connectivity index (χ3n) is 4.53. The Morgan fingerprint density at radius 3 is 2.59 bits per heavy atom. The fraction of sp³-hybridized carbons (Fsp3) is 0.300. The van der Waals surface area contributed by atoms with E-state index in [0.717, 1.165) is 0 Å². The van der Waals surface area contributed by atoms with Gasteiger partial charge in [0.25, 0.3) is 0 Å². The predicted octanol–water partition coefficient (Wildman–Crippen LogP) is 2.49. The van der Waals surface area contributed by atoms with E-state index in [2.05, 4.69) is 20.9 Å². The summed E-state index contributed by atoms with van der Waals surface area (Å²) in [6, 6.07) is 9.31. The number of nitrogens with one attached hydrogen (secondary N) is 3. The summed E-state index contributed by atoms with van der Waals surface area (Å²) >= 11 is 0. The maximum atomic E-state index is 14.0. The van der Waals surface area contributed by atoms with Gasteiger partial charge in [0.2, 0.25) is 5.91 Å². The second kappa shape index (κ2) is 9.31. The molecular formula is C20H22F3N5O. The van der Waals surface area contributed by atoms with E-state index in [1.165, 1.54) is 36.4 Å². The summed E-state index contributed by atoms with van der Waals surface area (Å²) in [5.74, 6) is -1.60. The molecule has 29 heavy (non-hydrogen) atoms. The van der Waals surface area contributed by atoms with Gasteiger partial charge >= 0.3 is 0 Å². The van der Waals surface area contributed by atoms with Gasteiger partial charge in [-0.25, -0.2) is 13.2 Å². The summed E-state index contributed by atoms with van der Waals surface area (Å²) in [6.07, 6.45) is 0.657. The first-order chi connectivity index (χ1) is 14.0. The van der Waals surface area contributed by atoms with Crippen molar-refractivity contribution < 1.29 is 18.0 Å². The highest BCUT2D eigenvalue weighted by Crippen LogP contribution is 2.26. The number of benzene rings is 2. The fourth-order valence-electron chi connectivity index (χ4n) is 3.20. The minimum absolute atomic E-state index is 0.0331. The zero-order valence-electron chi connectivity index (χ0n) is 15.9. The van der Waals surface area contributed by atoms with E-state index >= 15 is 0 Å². The molecule has 1 fully saturated rings. The number of nitrogens with zero attached hydrogens (tertiary/aromatic N) is 2. The number of halogens is 3. The quantitative estimate of drug-likeness (QED) is 0.528. The predicted molar refractivity (Wildman–Crippen MR) is 107 cm³/mol. The summed E-state index contributed by atoms with van der Waals surface area (Å²) < 4.78 is 41.1. The van der Waals surface area contributed by atoms with Crippen molar-refractivity contribution in [2.45, 2.75) is 12.5 Å². The van der Waals surface area contributed by atoms with Crippen LogP contribution in [0.4, 0.5) is 24.5 Å². The minimum Gasteiger partial charge on any atom is -0.365 e. The highest BCUT2D eigenvalue weighted by atomic mass is 19.1. The van der Waals surface area contributed by atoms with Gasteiger partial charge in [-0.2, -0.15) is 0 Å². The largest absolute Gasteiger partial charge is 0.365 e. The van der Waals surface area contributed by atoms with E-state index < -0.39 is 17.5 Å². The molecule has 154 valence electrons. The van der Waals surface area contributed by atoms with Crippen molar-refractivity contribution in [2.75, 3.05) is 36.9 Å². The van der Waals surface area contributed by atoms with Gasteiger partial charge in [-0.1, -0.05) is 12.1 Å². The Morgan fingerprint density at radius 2 is 1.90 bits per heavy atom. The number of carbonyl (C=O) groups excluding carboxylic acids is 1. The number of amides is 1. The first-order valence-corrected chi connectivity index (χ1v) is 9.18. The highest BCUT2D eigenvalue weighted by Gasteiger charge is 2.27. The molecule has 0 spiro atoms. The van der Waals surface area contributed by atoms with E-state index in [1.807, 2.05) is 0 Å². The van der Waals surface area contributed by atoms with Crippen molar-refractivity contribution in [3.63, 3.8) is 0 Å². The summed E-state index contributed by atoms with van der Waals surface area (Å²) in [5, 5.41) is 8.60. The van der Waals surface area contributed by atoms with Crippen LogP contribution in [-0.4, -0.2) is 44.6 Å². The number of hydrogen-bond acceptors (Lipinski definition) is 3. The van der Waals surface area contributed by atoms with Crippen molar-refractivity contribution in [1.29, 1.82) is 0 Å². The third-order valence-corrected chi connectivity index (χ3v) is 4.53. The first-order valence-electron chi connectivity index (χ1n) is 9.18. The number of hydrogen-bond donors (Lipinski definition) is 3. The Morgan fingerprint density at radius 1 is 1.17 bits per heavy atom. The maximum absolute atomic E-state index is 14.0. The van der Waals surface area contributed by atoms with E-state index in [1.54, 1.807) is 18.0 Å². The van der Waals surface area contributed by atoms with Gasteiger partial charge in [0.1, 0.15) is 23.1 Å². The molecule has 1 amide bonds. The SMILES string of the molecule is CN=C(NCC(=O)Nc1cccc(F)c1)NC1CCN(c2c(F)cccc2F)C1. The number of anilines is 2. The molecule has 2 aromatic carbocycles. The van der Waals surface area contributed by atoms with E-state index in [9.17, 15) is 18.0 Å². The Kier molecular flexibility index (Phi) is 6.58. The lowest BCUT2D eigenvalue weighted by molar-refractivity contribution is -0.115. The van der Waals surface area contributed by atoms with Gasteiger partial charge in [0.15, 0.2) is 5.96 Å². The molecule has 0 saturated carbocycles. The van der Waals surface area contributed by atoms with Crippen molar-refractivity contribution >= 4 is 23.2 Å². The van der Waals surface area contributed by atoms with Crippen LogP contribution in [0.25, 0.3) is 0 Å². The van der Waals surface area contributed by atoms with Crippen LogP contribution in [-0.2, 0) is 4.79 Å². The Balaban J connectivity index is 1.50. The molecule has 1 aliphatic heterocycles. The van der Waals surface area contributed by atoms with Crippen LogP contribution in [0, 0.1) is 17.5 Å². The van der Waals surface area contributed by atoms with Crippen molar-refractivity contribution in [3.05, 3.63) is 59.9 Å². The van der Waals surface area contributed by atoms with Gasteiger partial charge in [-0.15, -0.1) is 0 Å². The normalized spacial score (nSPS) is 16.6. The monoisotopic (exact) mass is 405 g/mol. The number of carbonyl (C=O) groups is 1. The molecule has 1 heterocycles. The second-order valence-electron chi connectivity index (χ2n) is 6.63. The lowest BCUT2D eigenvalue weighted by Crippen LogP contribution is -2.46. The molecule has 0 bridgehead atoms. The number of rotatable bonds is 5. The standard InChI is InChI=1S/C20H22F3N5O/c1-24-20(25-11-18(29)26-14-5-2-4-13(21)10-14)27-15-8-9-28(12-15)19-16(22)6-3-7-17(19)23/h2-7,10,15H,8-9,11-12H2,1H3,(H,26,29)(H2,24,25,27). The fourth-order valence-corrected chi connectivity index (χ4v) is 3.20. The molecule has 1 saturated heterocycles. The van der Waals surface area contributed by atoms with Crippen molar-refractivity contribution in [2.24, 2.45) is 4.99 Å². The van der Waals surface area contributed by atoms with Crippen LogP contribution in [0.5, 0.6) is 0 Å². The van der Waals surface area contributed by atoms with Gasteiger partial charge in [0.05, 0.1) is 6.54 Å². The molecule has 0 aliphatic carbocycles. The average molecular weight is 405 g/mol. The van der Waals surface area contributed by atoms with E-state index in [-0.39, 0.29) is 24.2 Å². The van der Waals surface area contributed by atoms with Crippen LogP contribution in [0.3, 0.4) is 0 Å². The van der Waals surface area contributed by atoms with Gasteiger partial charge in [-0.05, 0) is 36.8 Å². The molecule has 2 aromatic rings. The van der Waals surface area contributed by atoms with E-state index in [4.69, 9.17) is 0 Å². The maximum Gasteiger partial charge on any atom is 0.243 e. The summed E-state index contributed by atoms with van der Waals surface area (Å²) in [4.78, 5) is 17.7. The summed E-state index contributed by atoms with van der Waals surface area (Å²) in [7, 11) is 1.56. The molecule has 1 aliphatic rings. The zero-order valence-corrected chi connectivity index (χ0v) is 15.9. The van der Waals surface area contributed by atoms with Crippen LogP contribution in [0.2, 0.25) is 0 Å². The van der Waals surface area contributed by atoms with Crippen molar-refractivity contribution in [3.8, 4) is 0 Å². The Bertz CT molecular complexity index is 885. The Hall–Kier alpha value is -3.23. The summed E-state index contributed by atoms with van der Waals surface area (Å²) in [6.45, 7) is 0.815. The first kappa shape index (κ1) is 20.5. The zero-order chi connectivity index (χ0) is 20.8. The van der Waals surface area contributed by atoms with E-state index in [0.29, 0.717) is 31.2 Å². The molecule has 3 N–H and O–H groups in total. The van der Waals surface area contributed by atoms with Crippen LogP contribution in [0.15, 0.2) is 47.5 Å². The summed E-state index contributed by atoms with van der Waals surface area (Å²) in [5.41, 5.74) is 0.326. The molecular weight excluding hydrogens is 383 g/mol. The van der Waals surface area contributed by atoms with Crippen LogP contribution >= 0.6 is 0 Å². The van der Waals surface area contributed by atoms with Gasteiger partial charge < -0.3 is 20.9 Å². The molecule has 1 atom stereocenters. The molecule has 6 nitrogen and oxygen atoms in total. The average Bonchev–Trinajstić information content (AvgIpc) is 3.13. The topological polar surface area (TPSA) is 68.8 Å². The smallest absolute Gasteiger partial charge is 0.243 e. The lowest BCUT2D eigenvalue weighted by atomic mass is 10.2. The third kappa shape index (κ3) is 5.40. The molecule has 0 radical (unpaired) electrons. The van der Waals surface area contributed by atoms with Crippen molar-refractivity contribution in [1.82, 2.24) is 10.6 Å². The number of aliphatic imine (C=N–C) groups is 1. The Labute approximate surface area is 166 Å². The molecule has 0 aromatic heterocycles. The van der Waals surface area contributed by atoms with Gasteiger partial charge in [0, 0.05) is 31.9 Å². The second-order valence-corrected chi connectivity index (χ2v) is 6.63.